The molecule has 20 heavy (non-hydrogen) atoms. The Kier molecular flexibility index (Phi) is 3.24. The molecule has 2 aliphatic rings. The van der Waals surface area contributed by atoms with Gasteiger partial charge in [-0.15, -0.1) is 0 Å². The summed E-state index contributed by atoms with van der Waals surface area (Å²) in [5.41, 5.74) is 3.44. The average molecular weight is 275 g/mol. The zero-order chi connectivity index (χ0) is 14.5. The Morgan fingerprint density at radius 2 is 2.15 bits per heavy atom. The topological polar surface area (TPSA) is 29.9 Å². The van der Waals surface area contributed by atoms with Crippen molar-refractivity contribution < 1.29 is 0 Å². The maximum Gasteiger partial charge on any atom is 0.0625 e. The van der Waals surface area contributed by atoms with Gasteiger partial charge in [0.2, 0.25) is 0 Å². The molecule has 0 spiro atoms. The lowest BCUT2D eigenvalue weighted by molar-refractivity contribution is 0.107. The highest BCUT2D eigenvalue weighted by Crippen LogP contribution is 2.62. The van der Waals surface area contributed by atoms with Crippen molar-refractivity contribution in [3.8, 4) is 0 Å². The Morgan fingerprint density at radius 1 is 1.40 bits per heavy atom. The molecule has 1 N–H and O–H groups in total. The van der Waals surface area contributed by atoms with Crippen molar-refractivity contribution in [1.29, 1.82) is 0 Å². The SMILES string of the molecule is CCc1cc(CNC2C3(C)CCC(C3)C2(C)C)n(C)n1. The zero-order valence-electron chi connectivity index (χ0n) is 13.7. The van der Waals surface area contributed by atoms with Crippen LogP contribution in [0.4, 0.5) is 0 Å². The smallest absolute Gasteiger partial charge is 0.0625 e. The van der Waals surface area contributed by atoms with Crippen LogP contribution in [0.1, 0.15) is 58.3 Å². The third-order valence-corrected chi connectivity index (χ3v) is 6.15. The minimum absolute atomic E-state index is 0.430. The summed E-state index contributed by atoms with van der Waals surface area (Å²) in [7, 11) is 2.06. The van der Waals surface area contributed by atoms with Gasteiger partial charge >= 0.3 is 0 Å². The van der Waals surface area contributed by atoms with Gasteiger partial charge in [-0.1, -0.05) is 27.7 Å². The van der Waals surface area contributed by atoms with Gasteiger partial charge in [-0.2, -0.15) is 5.10 Å². The molecule has 3 rings (SSSR count). The molecule has 1 aromatic rings. The van der Waals surface area contributed by atoms with Crippen LogP contribution in [0.2, 0.25) is 0 Å². The van der Waals surface area contributed by atoms with Crippen molar-refractivity contribution in [2.45, 2.75) is 66.0 Å². The summed E-state index contributed by atoms with van der Waals surface area (Å²) >= 11 is 0. The number of fused-ring (bicyclic) bond motifs is 2. The van der Waals surface area contributed by atoms with Gasteiger partial charge < -0.3 is 5.32 Å². The number of aryl methyl sites for hydroxylation is 2. The fourth-order valence-electron chi connectivity index (χ4n) is 4.93. The van der Waals surface area contributed by atoms with E-state index in [0.29, 0.717) is 16.9 Å². The van der Waals surface area contributed by atoms with Crippen molar-refractivity contribution >= 4 is 0 Å². The van der Waals surface area contributed by atoms with Gasteiger partial charge in [0.05, 0.1) is 11.4 Å². The molecule has 3 unspecified atom stereocenters. The minimum Gasteiger partial charge on any atom is -0.307 e. The molecule has 2 saturated carbocycles. The van der Waals surface area contributed by atoms with Crippen LogP contribution in [0.5, 0.6) is 0 Å². The van der Waals surface area contributed by atoms with E-state index < -0.39 is 0 Å². The van der Waals surface area contributed by atoms with Gasteiger partial charge in [-0.05, 0) is 48.5 Å². The van der Waals surface area contributed by atoms with Gasteiger partial charge in [0, 0.05) is 19.6 Å². The van der Waals surface area contributed by atoms with Crippen molar-refractivity contribution in [2.75, 3.05) is 0 Å². The van der Waals surface area contributed by atoms with Crippen molar-refractivity contribution in [2.24, 2.45) is 23.8 Å². The highest BCUT2D eigenvalue weighted by molar-refractivity contribution is 5.14. The molecule has 3 atom stereocenters. The van der Waals surface area contributed by atoms with Crippen LogP contribution in [0.3, 0.4) is 0 Å². The lowest BCUT2D eigenvalue weighted by Gasteiger charge is -2.43. The maximum atomic E-state index is 4.55. The van der Waals surface area contributed by atoms with E-state index in [4.69, 9.17) is 0 Å². The van der Waals surface area contributed by atoms with Gasteiger partial charge in [-0.3, -0.25) is 4.68 Å². The van der Waals surface area contributed by atoms with Crippen LogP contribution in [-0.2, 0) is 20.0 Å². The average Bonchev–Trinajstić information content (AvgIpc) is 2.98. The second-order valence-electron chi connectivity index (χ2n) is 7.83. The summed E-state index contributed by atoms with van der Waals surface area (Å²) in [6.45, 7) is 10.5. The summed E-state index contributed by atoms with van der Waals surface area (Å²) in [6, 6.07) is 2.88. The summed E-state index contributed by atoms with van der Waals surface area (Å²) in [4.78, 5) is 0. The van der Waals surface area contributed by atoms with E-state index in [1.165, 1.54) is 30.7 Å². The van der Waals surface area contributed by atoms with Gasteiger partial charge in [0.1, 0.15) is 0 Å². The second kappa shape index (κ2) is 4.59. The van der Waals surface area contributed by atoms with Crippen LogP contribution in [-0.4, -0.2) is 15.8 Å². The van der Waals surface area contributed by atoms with E-state index >= 15 is 0 Å². The number of hydrogen-bond donors (Lipinski definition) is 1. The summed E-state index contributed by atoms with van der Waals surface area (Å²) in [5, 5.41) is 8.43. The lowest BCUT2D eigenvalue weighted by Crippen LogP contribution is -2.50. The van der Waals surface area contributed by atoms with E-state index in [-0.39, 0.29) is 0 Å². The molecule has 0 radical (unpaired) electrons. The van der Waals surface area contributed by atoms with Crippen LogP contribution >= 0.6 is 0 Å². The van der Waals surface area contributed by atoms with Gasteiger partial charge in [0.25, 0.3) is 0 Å². The fourth-order valence-corrected chi connectivity index (χ4v) is 4.93. The number of hydrogen-bond acceptors (Lipinski definition) is 2. The predicted octanol–water partition coefficient (Wildman–Crippen LogP) is 3.29. The number of aromatic nitrogens is 2. The van der Waals surface area contributed by atoms with E-state index in [2.05, 4.69) is 51.2 Å². The van der Waals surface area contributed by atoms with Crippen LogP contribution in [0.15, 0.2) is 6.07 Å². The quantitative estimate of drug-likeness (QED) is 0.914. The second-order valence-corrected chi connectivity index (χ2v) is 7.83. The lowest BCUT2D eigenvalue weighted by atomic mass is 9.68. The summed E-state index contributed by atoms with van der Waals surface area (Å²) < 4.78 is 2.04. The molecule has 0 aliphatic heterocycles. The standard InChI is InChI=1S/C17H29N3/c1-6-13-9-14(20(5)19-13)11-18-15-16(2,3)12-7-8-17(15,4)10-12/h9,12,15,18H,6-8,10-11H2,1-5H3. The molecular weight excluding hydrogens is 246 g/mol. The first-order chi connectivity index (χ1) is 9.37. The van der Waals surface area contributed by atoms with E-state index in [1.54, 1.807) is 0 Å². The van der Waals surface area contributed by atoms with Crippen LogP contribution in [0, 0.1) is 16.7 Å². The molecule has 3 heteroatoms. The molecule has 112 valence electrons. The molecule has 1 aromatic heterocycles. The normalized spacial score (nSPS) is 34.9. The van der Waals surface area contributed by atoms with E-state index in [0.717, 1.165) is 18.9 Å². The molecule has 0 saturated heterocycles. The summed E-state index contributed by atoms with van der Waals surface area (Å²) in [5.74, 6) is 0.905. The Bertz CT molecular complexity index is 498. The van der Waals surface area contributed by atoms with Crippen molar-refractivity contribution in [1.82, 2.24) is 15.1 Å². The highest BCUT2D eigenvalue weighted by Gasteiger charge is 2.58. The molecule has 0 aromatic carbocycles. The van der Waals surface area contributed by atoms with Crippen molar-refractivity contribution in [3.05, 3.63) is 17.5 Å². The number of nitrogens with one attached hydrogen (secondary N) is 1. The fraction of sp³-hybridized carbons (Fsp3) is 0.824. The molecule has 3 nitrogen and oxygen atoms in total. The Labute approximate surface area is 123 Å². The molecule has 2 bridgehead atoms. The first-order valence-corrected chi connectivity index (χ1v) is 8.12. The minimum atomic E-state index is 0.430. The highest BCUT2D eigenvalue weighted by atomic mass is 15.3. The molecule has 0 amide bonds. The molecule has 2 aliphatic carbocycles. The zero-order valence-corrected chi connectivity index (χ0v) is 13.7. The van der Waals surface area contributed by atoms with Crippen LogP contribution < -0.4 is 5.32 Å². The Balaban J connectivity index is 1.73. The third kappa shape index (κ3) is 2.02. The number of rotatable bonds is 4. The molecule has 2 fully saturated rings. The Hall–Kier alpha value is -0.830. The predicted molar refractivity (Wildman–Crippen MR) is 82.4 cm³/mol. The number of nitrogens with zero attached hydrogens (tertiary/aromatic N) is 2. The van der Waals surface area contributed by atoms with Crippen LogP contribution in [0.25, 0.3) is 0 Å². The molecular formula is C17H29N3. The van der Waals surface area contributed by atoms with Gasteiger partial charge in [0.15, 0.2) is 0 Å². The molecule has 1 heterocycles. The first-order valence-electron chi connectivity index (χ1n) is 8.12. The summed E-state index contributed by atoms with van der Waals surface area (Å²) in [6.07, 6.45) is 5.24. The largest absolute Gasteiger partial charge is 0.307 e. The van der Waals surface area contributed by atoms with Gasteiger partial charge in [-0.25, -0.2) is 0 Å². The maximum absolute atomic E-state index is 4.55. The van der Waals surface area contributed by atoms with Crippen molar-refractivity contribution in [3.63, 3.8) is 0 Å². The Morgan fingerprint density at radius 3 is 2.70 bits per heavy atom. The van der Waals surface area contributed by atoms with E-state index in [9.17, 15) is 0 Å². The third-order valence-electron chi connectivity index (χ3n) is 6.15. The van der Waals surface area contributed by atoms with E-state index in [1.807, 2.05) is 4.68 Å². The first kappa shape index (κ1) is 14.1. The monoisotopic (exact) mass is 275 g/mol.